The largest absolute Gasteiger partial charge is 0.317 e. The summed E-state index contributed by atoms with van der Waals surface area (Å²) in [5.41, 5.74) is 1.82. The van der Waals surface area contributed by atoms with E-state index in [0.717, 1.165) is 13.1 Å². The minimum atomic E-state index is 0.363. The molecule has 19 heavy (non-hydrogen) atoms. The Bertz CT molecular complexity index is 378. The van der Waals surface area contributed by atoms with Crippen LogP contribution in [0.4, 0.5) is 0 Å². The van der Waals surface area contributed by atoms with Crippen molar-refractivity contribution in [3.8, 4) is 0 Å². The first-order chi connectivity index (χ1) is 9.39. The van der Waals surface area contributed by atoms with Crippen molar-refractivity contribution in [2.24, 2.45) is 0 Å². The van der Waals surface area contributed by atoms with Crippen LogP contribution in [0.3, 0.4) is 0 Å². The zero-order chi connectivity index (χ0) is 13.0. The summed E-state index contributed by atoms with van der Waals surface area (Å²) < 4.78 is 0. The van der Waals surface area contributed by atoms with E-state index < -0.39 is 0 Å². The van der Waals surface area contributed by atoms with Gasteiger partial charge in [0.15, 0.2) is 0 Å². The quantitative estimate of drug-likeness (QED) is 0.898. The van der Waals surface area contributed by atoms with E-state index in [0.29, 0.717) is 5.41 Å². The monoisotopic (exact) mass is 259 g/mol. The van der Waals surface area contributed by atoms with Crippen molar-refractivity contribution in [1.29, 1.82) is 0 Å². The minimum Gasteiger partial charge on any atom is -0.317 e. The highest BCUT2D eigenvalue weighted by Gasteiger charge is 2.34. The summed E-state index contributed by atoms with van der Waals surface area (Å²) in [5, 5.41) is 3.50. The van der Waals surface area contributed by atoms with Crippen LogP contribution in [0.2, 0.25) is 0 Å². The maximum atomic E-state index is 4.35. The smallest absolute Gasteiger partial charge is 0.0305 e. The van der Waals surface area contributed by atoms with Crippen LogP contribution in [0.1, 0.15) is 37.7 Å². The number of nitrogens with one attached hydrogen (secondary N) is 1. The van der Waals surface area contributed by atoms with Crippen molar-refractivity contribution in [3.63, 3.8) is 0 Å². The molecule has 1 aromatic rings. The lowest BCUT2D eigenvalue weighted by Gasteiger charge is -2.39. The number of nitrogens with zero attached hydrogens (tertiary/aromatic N) is 2. The summed E-state index contributed by atoms with van der Waals surface area (Å²) >= 11 is 0. The van der Waals surface area contributed by atoms with E-state index in [4.69, 9.17) is 0 Å². The highest BCUT2D eigenvalue weighted by molar-refractivity contribution is 5.23. The Labute approximate surface area is 116 Å². The molecule has 0 aliphatic carbocycles. The van der Waals surface area contributed by atoms with Crippen LogP contribution >= 0.6 is 0 Å². The van der Waals surface area contributed by atoms with Gasteiger partial charge in [-0.25, -0.2) is 0 Å². The molecule has 3 rings (SSSR count). The molecule has 3 heterocycles. The van der Waals surface area contributed by atoms with Gasteiger partial charge in [-0.3, -0.25) is 4.98 Å². The van der Waals surface area contributed by atoms with Gasteiger partial charge in [-0.2, -0.15) is 0 Å². The lowest BCUT2D eigenvalue weighted by Crippen LogP contribution is -2.42. The maximum absolute atomic E-state index is 4.35. The normalized spacial score (nSPS) is 23.6. The van der Waals surface area contributed by atoms with Gasteiger partial charge in [0.05, 0.1) is 0 Å². The number of likely N-dealkylation sites (tertiary alicyclic amines) is 1. The topological polar surface area (TPSA) is 28.2 Å². The van der Waals surface area contributed by atoms with E-state index in [9.17, 15) is 0 Å². The van der Waals surface area contributed by atoms with Gasteiger partial charge in [-0.05, 0) is 76.5 Å². The average molecular weight is 259 g/mol. The Balaban J connectivity index is 1.72. The molecule has 2 aliphatic rings. The summed E-state index contributed by atoms with van der Waals surface area (Å²) in [6, 6.07) is 4.37. The molecule has 0 amide bonds. The molecule has 0 atom stereocenters. The van der Waals surface area contributed by atoms with Gasteiger partial charge in [-0.15, -0.1) is 0 Å². The molecule has 2 saturated heterocycles. The molecule has 3 heteroatoms. The van der Waals surface area contributed by atoms with E-state index in [2.05, 4.69) is 33.5 Å². The van der Waals surface area contributed by atoms with Gasteiger partial charge in [-0.1, -0.05) is 6.07 Å². The molecule has 2 fully saturated rings. The number of aromatic nitrogens is 1. The van der Waals surface area contributed by atoms with Gasteiger partial charge in [0.25, 0.3) is 0 Å². The molecule has 2 aliphatic heterocycles. The molecule has 0 unspecified atom stereocenters. The lowest BCUT2D eigenvalue weighted by atomic mass is 9.71. The van der Waals surface area contributed by atoms with E-state index >= 15 is 0 Å². The third kappa shape index (κ3) is 2.98. The molecule has 0 bridgehead atoms. The number of piperidine rings is 1. The average Bonchev–Trinajstić information content (AvgIpc) is 3.01. The molecule has 104 valence electrons. The zero-order valence-electron chi connectivity index (χ0n) is 11.8. The van der Waals surface area contributed by atoms with Crippen LogP contribution in [-0.4, -0.2) is 42.6 Å². The highest BCUT2D eigenvalue weighted by atomic mass is 15.1. The van der Waals surface area contributed by atoms with Gasteiger partial charge < -0.3 is 10.2 Å². The van der Waals surface area contributed by atoms with Crippen molar-refractivity contribution >= 4 is 0 Å². The molecule has 0 spiro atoms. The Hall–Kier alpha value is -0.930. The van der Waals surface area contributed by atoms with E-state index in [1.165, 1.54) is 57.3 Å². The summed E-state index contributed by atoms with van der Waals surface area (Å²) in [5.74, 6) is 0. The fourth-order valence-corrected chi connectivity index (χ4v) is 3.64. The Kier molecular flexibility index (Phi) is 4.14. The van der Waals surface area contributed by atoms with Gasteiger partial charge in [0.2, 0.25) is 0 Å². The highest BCUT2D eigenvalue weighted by Crippen LogP contribution is 2.36. The molecule has 3 nitrogen and oxygen atoms in total. The summed E-state index contributed by atoms with van der Waals surface area (Å²) in [6.45, 7) is 6.17. The van der Waals surface area contributed by atoms with Crippen LogP contribution < -0.4 is 5.32 Å². The minimum absolute atomic E-state index is 0.363. The van der Waals surface area contributed by atoms with E-state index in [1.54, 1.807) is 0 Å². The van der Waals surface area contributed by atoms with Crippen LogP contribution in [0.25, 0.3) is 0 Å². The maximum Gasteiger partial charge on any atom is 0.0305 e. The van der Waals surface area contributed by atoms with Gasteiger partial charge >= 0.3 is 0 Å². The number of hydrogen-bond donors (Lipinski definition) is 1. The summed E-state index contributed by atoms with van der Waals surface area (Å²) in [4.78, 5) is 6.99. The first kappa shape index (κ1) is 13.1. The van der Waals surface area contributed by atoms with Crippen LogP contribution in [0.15, 0.2) is 24.5 Å². The lowest BCUT2D eigenvalue weighted by molar-refractivity contribution is 0.234. The molecule has 1 aromatic heterocycles. The number of rotatable bonds is 4. The Morgan fingerprint density at radius 3 is 2.68 bits per heavy atom. The van der Waals surface area contributed by atoms with Crippen LogP contribution in [0.5, 0.6) is 0 Å². The fourth-order valence-electron chi connectivity index (χ4n) is 3.64. The molecule has 0 saturated carbocycles. The standard InChI is InChI=1S/C16H25N3/c1-2-12-19(11-1)13-7-16(5-9-17-10-6-16)15-4-3-8-18-14-15/h3-4,8,14,17H,1-2,5-7,9-13H2. The van der Waals surface area contributed by atoms with E-state index in [-0.39, 0.29) is 0 Å². The second-order valence-electron chi connectivity index (χ2n) is 6.07. The molecule has 0 radical (unpaired) electrons. The third-order valence-electron chi connectivity index (χ3n) is 4.94. The van der Waals surface area contributed by atoms with Crippen LogP contribution in [-0.2, 0) is 5.41 Å². The van der Waals surface area contributed by atoms with E-state index in [1.807, 2.05) is 6.20 Å². The first-order valence-corrected chi connectivity index (χ1v) is 7.73. The number of hydrogen-bond acceptors (Lipinski definition) is 3. The van der Waals surface area contributed by atoms with Crippen molar-refractivity contribution in [2.45, 2.75) is 37.5 Å². The van der Waals surface area contributed by atoms with Crippen molar-refractivity contribution in [3.05, 3.63) is 30.1 Å². The molecular formula is C16H25N3. The van der Waals surface area contributed by atoms with Crippen molar-refractivity contribution < 1.29 is 0 Å². The Morgan fingerprint density at radius 1 is 1.21 bits per heavy atom. The SMILES string of the molecule is c1cncc(C2(CCN3CCCC3)CCNCC2)c1. The predicted octanol–water partition coefficient (Wildman–Crippen LogP) is 2.19. The third-order valence-corrected chi connectivity index (χ3v) is 4.94. The number of pyridine rings is 1. The summed E-state index contributed by atoms with van der Waals surface area (Å²) in [6.07, 6.45) is 10.6. The van der Waals surface area contributed by atoms with Gasteiger partial charge in [0, 0.05) is 17.8 Å². The van der Waals surface area contributed by atoms with Gasteiger partial charge in [0.1, 0.15) is 0 Å². The van der Waals surface area contributed by atoms with Crippen LogP contribution in [0, 0.1) is 0 Å². The van der Waals surface area contributed by atoms with Crippen molar-refractivity contribution in [1.82, 2.24) is 15.2 Å². The molecule has 0 aromatic carbocycles. The second-order valence-corrected chi connectivity index (χ2v) is 6.07. The second kappa shape index (κ2) is 6.02. The fraction of sp³-hybridized carbons (Fsp3) is 0.688. The predicted molar refractivity (Wildman–Crippen MR) is 78.3 cm³/mol. The molecule has 1 N–H and O–H groups in total. The summed E-state index contributed by atoms with van der Waals surface area (Å²) in [7, 11) is 0. The van der Waals surface area contributed by atoms with Crippen molar-refractivity contribution in [2.75, 3.05) is 32.7 Å². The first-order valence-electron chi connectivity index (χ1n) is 7.73. The zero-order valence-corrected chi connectivity index (χ0v) is 11.8. The Morgan fingerprint density at radius 2 is 2.00 bits per heavy atom. The molecular weight excluding hydrogens is 234 g/mol.